The predicted molar refractivity (Wildman–Crippen MR) is 104 cm³/mol. The number of para-hydroxylation sites is 1. The van der Waals surface area contributed by atoms with Crippen LogP contribution < -0.4 is 5.32 Å². The Hall–Kier alpha value is -1.98. The first kappa shape index (κ1) is 17.4. The number of anilines is 1. The van der Waals surface area contributed by atoms with Crippen molar-refractivity contribution in [1.29, 1.82) is 0 Å². The summed E-state index contributed by atoms with van der Waals surface area (Å²) < 4.78 is 0. The van der Waals surface area contributed by atoms with Crippen molar-refractivity contribution < 1.29 is 0 Å². The highest BCUT2D eigenvalue weighted by molar-refractivity contribution is 6.87. The van der Waals surface area contributed by atoms with Gasteiger partial charge in [-0.15, -0.1) is 5.54 Å². The SMILES string of the molecule is CC[Si](C#Cc1ccccc1NCc1ccccc1)(CC)CC. The third kappa shape index (κ3) is 4.74. The highest BCUT2D eigenvalue weighted by Gasteiger charge is 2.24. The lowest BCUT2D eigenvalue weighted by Gasteiger charge is -2.20. The van der Waals surface area contributed by atoms with Crippen molar-refractivity contribution in [3.05, 3.63) is 65.7 Å². The zero-order valence-electron chi connectivity index (χ0n) is 14.5. The lowest BCUT2D eigenvalue weighted by molar-refractivity contribution is 1.15. The van der Waals surface area contributed by atoms with Crippen molar-refractivity contribution in [3.8, 4) is 11.5 Å². The van der Waals surface area contributed by atoms with E-state index in [1.807, 2.05) is 6.07 Å². The molecule has 0 saturated carbocycles. The maximum Gasteiger partial charge on any atom is 0.138 e. The number of nitrogens with one attached hydrogen (secondary N) is 1. The van der Waals surface area contributed by atoms with E-state index in [1.165, 1.54) is 23.7 Å². The minimum Gasteiger partial charge on any atom is -0.380 e. The summed E-state index contributed by atoms with van der Waals surface area (Å²) in [7, 11) is -1.40. The van der Waals surface area contributed by atoms with E-state index in [4.69, 9.17) is 0 Å². The molecule has 1 N–H and O–H groups in total. The molecule has 23 heavy (non-hydrogen) atoms. The molecule has 0 aromatic heterocycles. The summed E-state index contributed by atoms with van der Waals surface area (Å²) in [5.41, 5.74) is 7.23. The molecule has 0 amide bonds. The Labute approximate surface area is 142 Å². The molecule has 0 unspecified atom stereocenters. The number of hydrogen-bond acceptors (Lipinski definition) is 1. The van der Waals surface area contributed by atoms with Crippen LogP contribution in [0, 0.1) is 11.5 Å². The molecular formula is C21H27NSi. The molecule has 0 fully saturated rings. The number of rotatable bonds is 6. The van der Waals surface area contributed by atoms with Crippen molar-refractivity contribution in [1.82, 2.24) is 0 Å². The van der Waals surface area contributed by atoms with Gasteiger partial charge in [0.05, 0.1) is 5.69 Å². The van der Waals surface area contributed by atoms with Gasteiger partial charge in [-0.25, -0.2) is 0 Å². The Morgan fingerprint density at radius 2 is 1.43 bits per heavy atom. The highest BCUT2D eigenvalue weighted by atomic mass is 28.3. The quantitative estimate of drug-likeness (QED) is 0.532. The molecule has 0 heterocycles. The minimum atomic E-state index is -1.40. The molecule has 0 radical (unpaired) electrons. The lowest BCUT2D eigenvalue weighted by Crippen LogP contribution is -2.29. The molecule has 0 spiro atoms. The van der Waals surface area contributed by atoms with E-state index in [2.05, 4.69) is 86.1 Å². The van der Waals surface area contributed by atoms with Gasteiger partial charge in [0, 0.05) is 12.1 Å². The van der Waals surface area contributed by atoms with Gasteiger partial charge in [-0.1, -0.05) is 69.2 Å². The minimum absolute atomic E-state index is 0.831. The maximum atomic E-state index is 3.69. The molecular weight excluding hydrogens is 294 g/mol. The van der Waals surface area contributed by atoms with Crippen LogP contribution in [0.3, 0.4) is 0 Å². The molecule has 2 rings (SSSR count). The van der Waals surface area contributed by atoms with Crippen LogP contribution in [0.2, 0.25) is 18.1 Å². The first-order valence-corrected chi connectivity index (χ1v) is 11.2. The molecule has 0 aliphatic carbocycles. The van der Waals surface area contributed by atoms with Crippen molar-refractivity contribution in [3.63, 3.8) is 0 Å². The van der Waals surface area contributed by atoms with E-state index in [-0.39, 0.29) is 0 Å². The van der Waals surface area contributed by atoms with Crippen LogP contribution in [0.1, 0.15) is 31.9 Å². The fraction of sp³-hybridized carbons (Fsp3) is 0.333. The second-order valence-corrected chi connectivity index (χ2v) is 10.9. The van der Waals surface area contributed by atoms with Gasteiger partial charge in [0.25, 0.3) is 0 Å². The van der Waals surface area contributed by atoms with E-state index >= 15 is 0 Å². The first-order valence-electron chi connectivity index (χ1n) is 8.63. The van der Waals surface area contributed by atoms with Crippen LogP contribution in [0.15, 0.2) is 54.6 Å². The average Bonchev–Trinajstić information content (AvgIpc) is 2.63. The molecule has 0 bridgehead atoms. The summed E-state index contributed by atoms with van der Waals surface area (Å²) in [6.07, 6.45) is 0. The third-order valence-electron chi connectivity index (χ3n) is 4.75. The Morgan fingerprint density at radius 1 is 0.826 bits per heavy atom. The van der Waals surface area contributed by atoms with Gasteiger partial charge in [-0.05, 0) is 35.8 Å². The normalized spacial score (nSPS) is 10.7. The second kappa shape index (κ2) is 8.60. The molecule has 0 aliphatic rings. The highest BCUT2D eigenvalue weighted by Crippen LogP contribution is 2.20. The number of benzene rings is 2. The van der Waals surface area contributed by atoms with Gasteiger partial charge in [0.15, 0.2) is 0 Å². The molecule has 0 atom stereocenters. The molecule has 2 heteroatoms. The van der Waals surface area contributed by atoms with Crippen molar-refractivity contribution in [2.24, 2.45) is 0 Å². The third-order valence-corrected chi connectivity index (χ3v) is 9.46. The Bertz CT molecular complexity index is 655. The molecule has 0 saturated heterocycles. The molecule has 2 aromatic carbocycles. The second-order valence-electron chi connectivity index (χ2n) is 5.98. The largest absolute Gasteiger partial charge is 0.380 e. The van der Waals surface area contributed by atoms with Gasteiger partial charge in [0.1, 0.15) is 8.07 Å². The monoisotopic (exact) mass is 321 g/mol. The summed E-state index contributed by atoms with van der Waals surface area (Å²) in [5, 5.41) is 3.53. The summed E-state index contributed by atoms with van der Waals surface area (Å²) in [6, 6.07) is 22.6. The van der Waals surface area contributed by atoms with E-state index in [9.17, 15) is 0 Å². The fourth-order valence-corrected chi connectivity index (χ4v) is 5.18. The van der Waals surface area contributed by atoms with Gasteiger partial charge >= 0.3 is 0 Å². The lowest BCUT2D eigenvalue weighted by atomic mass is 10.1. The van der Waals surface area contributed by atoms with Crippen molar-refractivity contribution in [2.45, 2.75) is 45.4 Å². The average molecular weight is 322 g/mol. The van der Waals surface area contributed by atoms with Crippen LogP contribution in [0.25, 0.3) is 0 Å². The predicted octanol–water partition coefficient (Wildman–Crippen LogP) is 5.70. The summed E-state index contributed by atoms with van der Waals surface area (Å²) >= 11 is 0. The van der Waals surface area contributed by atoms with Gasteiger partial charge < -0.3 is 5.32 Å². The zero-order chi connectivity index (χ0) is 16.5. The first-order chi connectivity index (χ1) is 11.2. The van der Waals surface area contributed by atoms with E-state index in [1.54, 1.807) is 0 Å². The van der Waals surface area contributed by atoms with Gasteiger partial charge in [-0.3, -0.25) is 0 Å². The van der Waals surface area contributed by atoms with E-state index in [0.717, 1.165) is 17.8 Å². The summed E-state index contributed by atoms with van der Waals surface area (Å²) in [6.45, 7) is 7.73. The van der Waals surface area contributed by atoms with Crippen LogP contribution in [0.5, 0.6) is 0 Å². The smallest absolute Gasteiger partial charge is 0.138 e. The van der Waals surface area contributed by atoms with Gasteiger partial charge in [0.2, 0.25) is 0 Å². The topological polar surface area (TPSA) is 12.0 Å². The van der Waals surface area contributed by atoms with Crippen molar-refractivity contribution >= 4 is 13.8 Å². The summed E-state index contributed by atoms with van der Waals surface area (Å²) in [4.78, 5) is 0. The van der Waals surface area contributed by atoms with Crippen LogP contribution in [-0.2, 0) is 6.54 Å². The van der Waals surface area contributed by atoms with Gasteiger partial charge in [-0.2, -0.15) is 0 Å². The van der Waals surface area contributed by atoms with Crippen LogP contribution in [-0.4, -0.2) is 8.07 Å². The fourth-order valence-electron chi connectivity index (χ4n) is 2.75. The van der Waals surface area contributed by atoms with E-state index < -0.39 is 8.07 Å². The Balaban J connectivity index is 2.18. The van der Waals surface area contributed by atoms with Crippen LogP contribution in [0.4, 0.5) is 5.69 Å². The zero-order valence-corrected chi connectivity index (χ0v) is 15.5. The maximum absolute atomic E-state index is 3.69. The molecule has 120 valence electrons. The van der Waals surface area contributed by atoms with E-state index in [0.29, 0.717) is 0 Å². The van der Waals surface area contributed by atoms with Crippen molar-refractivity contribution in [2.75, 3.05) is 5.32 Å². The standard InChI is InChI=1S/C21H27NSi/c1-4-23(5-2,6-3)17-16-20-14-10-11-15-21(20)22-18-19-12-8-7-9-13-19/h7-15,22H,4-6,18H2,1-3H3. The molecule has 0 aliphatic heterocycles. The number of hydrogen-bond donors (Lipinski definition) is 1. The molecule has 2 aromatic rings. The van der Waals surface area contributed by atoms with Crippen LogP contribution >= 0.6 is 0 Å². The Morgan fingerprint density at radius 3 is 2.09 bits per heavy atom. The summed E-state index contributed by atoms with van der Waals surface area (Å²) in [5.74, 6) is 3.49. The molecule has 1 nitrogen and oxygen atoms in total. The Kier molecular flexibility index (Phi) is 6.49.